The molecule has 5 nitrogen and oxygen atoms in total. The fraction of sp³-hybridized carbons (Fsp3) is 0.550. The summed E-state index contributed by atoms with van der Waals surface area (Å²) in [5.74, 6) is 0.489. The van der Waals surface area contributed by atoms with Crippen LogP contribution in [-0.4, -0.2) is 34.9 Å². The van der Waals surface area contributed by atoms with Crippen LogP contribution in [-0.2, 0) is 14.4 Å². The lowest BCUT2D eigenvalue weighted by molar-refractivity contribution is -0.140. The molecule has 26 heavy (non-hydrogen) atoms. The summed E-state index contributed by atoms with van der Waals surface area (Å²) in [6.45, 7) is 0.208. The van der Waals surface area contributed by atoms with Crippen LogP contribution in [0.4, 0.5) is 0 Å². The van der Waals surface area contributed by atoms with Crippen LogP contribution in [0, 0.1) is 11.8 Å². The summed E-state index contributed by atoms with van der Waals surface area (Å²) in [7, 11) is 0. The second-order valence-electron chi connectivity index (χ2n) is 7.37. The molecule has 2 fully saturated rings. The van der Waals surface area contributed by atoms with E-state index in [9.17, 15) is 14.4 Å². The van der Waals surface area contributed by atoms with Gasteiger partial charge in [-0.05, 0) is 30.9 Å². The van der Waals surface area contributed by atoms with Gasteiger partial charge in [0.1, 0.15) is 0 Å². The van der Waals surface area contributed by atoms with Crippen LogP contribution in [0.1, 0.15) is 50.1 Å². The summed E-state index contributed by atoms with van der Waals surface area (Å²) in [6.07, 6.45) is 4.76. The van der Waals surface area contributed by atoms with Crippen molar-refractivity contribution in [3.05, 3.63) is 29.8 Å². The van der Waals surface area contributed by atoms with Crippen molar-refractivity contribution in [2.75, 3.05) is 12.3 Å². The van der Waals surface area contributed by atoms with Crippen LogP contribution >= 0.6 is 11.8 Å². The third-order valence-corrected chi connectivity index (χ3v) is 6.91. The molecule has 1 aromatic carbocycles. The van der Waals surface area contributed by atoms with Gasteiger partial charge in [0.05, 0.1) is 17.9 Å². The van der Waals surface area contributed by atoms with Gasteiger partial charge in [-0.1, -0.05) is 31.0 Å². The first-order valence-electron chi connectivity index (χ1n) is 9.51. The molecule has 6 heteroatoms. The summed E-state index contributed by atoms with van der Waals surface area (Å²) < 4.78 is 0. The maximum absolute atomic E-state index is 12.5. The standard InChI is InChI=1S/C20H24N2O3S/c23-18(21-16-10-12-26-17-8-4-3-7-15(16)17)9-11-22-19(24)13-5-1-2-6-14(13)20(22)25/h3-4,7-8,13-14,16H,1-2,5-6,9-12H2,(H,21,23)/t13-,14-,16+/m0/s1. The number of imide groups is 1. The molecule has 1 aromatic rings. The minimum atomic E-state index is -0.137. The molecule has 3 aliphatic rings. The maximum atomic E-state index is 12.5. The fourth-order valence-electron chi connectivity index (χ4n) is 4.42. The molecule has 3 amide bonds. The second-order valence-corrected chi connectivity index (χ2v) is 8.51. The minimum Gasteiger partial charge on any atom is -0.349 e. The quantitative estimate of drug-likeness (QED) is 0.826. The van der Waals surface area contributed by atoms with Gasteiger partial charge in [-0.25, -0.2) is 0 Å². The summed E-state index contributed by atoms with van der Waals surface area (Å²) in [5, 5.41) is 3.09. The van der Waals surface area contributed by atoms with Crippen LogP contribution < -0.4 is 5.32 Å². The highest BCUT2D eigenvalue weighted by Crippen LogP contribution is 2.38. The summed E-state index contributed by atoms with van der Waals surface area (Å²) in [4.78, 5) is 40.0. The van der Waals surface area contributed by atoms with Gasteiger partial charge in [-0.3, -0.25) is 19.3 Å². The molecule has 138 valence electrons. The Morgan fingerprint density at radius 1 is 1.08 bits per heavy atom. The van der Waals surface area contributed by atoms with Gasteiger partial charge >= 0.3 is 0 Å². The maximum Gasteiger partial charge on any atom is 0.233 e. The molecule has 0 bridgehead atoms. The smallest absolute Gasteiger partial charge is 0.233 e. The first-order valence-corrected chi connectivity index (χ1v) is 10.5. The van der Waals surface area contributed by atoms with E-state index in [0.717, 1.165) is 43.4 Å². The Bertz CT molecular complexity index is 712. The Hall–Kier alpha value is -1.82. The first-order chi connectivity index (χ1) is 12.6. The van der Waals surface area contributed by atoms with Crippen molar-refractivity contribution in [2.45, 2.75) is 49.5 Å². The largest absolute Gasteiger partial charge is 0.349 e. The highest BCUT2D eigenvalue weighted by atomic mass is 32.2. The normalized spacial score (nSPS) is 27.8. The average Bonchev–Trinajstić information content (AvgIpc) is 2.91. The van der Waals surface area contributed by atoms with E-state index in [4.69, 9.17) is 0 Å². The number of amides is 3. The number of rotatable bonds is 4. The van der Waals surface area contributed by atoms with E-state index >= 15 is 0 Å². The number of nitrogens with zero attached hydrogens (tertiary/aromatic N) is 1. The van der Waals surface area contributed by atoms with Crippen LogP contribution in [0.3, 0.4) is 0 Å². The molecule has 1 saturated heterocycles. The van der Waals surface area contributed by atoms with Crippen molar-refractivity contribution < 1.29 is 14.4 Å². The molecular formula is C20H24N2O3S. The van der Waals surface area contributed by atoms with Gasteiger partial charge in [-0.2, -0.15) is 0 Å². The first kappa shape index (κ1) is 17.6. The van der Waals surface area contributed by atoms with Crippen LogP contribution in [0.25, 0.3) is 0 Å². The van der Waals surface area contributed by atoms with E-state index in [-0.39, 0.29) is 48.6 Å². The predicted molar refractivity (Wildman–Crippen MR) is 99.5 cm³/mol. The van der Waals surface area contributed by atoms with E-state index in [0.29, 0.717) is 0 Å². The number of thioether (sulfide) groups is 1. The average molecular weight is 372 g/mol. The SMILES string of the molecule is O=C(CCN1C(=O)[C@H]2CCCC[C@@H]2C1=O)N[C@@H]1CCSc2ccccc21. The third-order valence-electron chi connectivity index (χ3n) is 5.79. The third kappa shape index (κ3) is 3.27. The van der Waals surface area contributed by atoms with Gasteiger partial charge < -0.3 is 5.32 Å². The zero-order valence-corrected chi connectivity index (χ0v) is 15.6. The molecule has 2 aliphatic heterocycles. The molecule has 1 aliphatic carbocycles. The molecule has 0 radical (unpaired) electrons. The van der Waals surface area contributed by atoms with Crippen molar-refractivity contribution in [1.82, 2.24) is 10.2 Å². The van der Waals surface area contributed by atoms with Gasteiger partial charge in [0.15, 0.2) is 0 Å². The highest BCUT2D eigenvalue weighted by molar-refractivity contribution is 7.99. The number of carbonyl (C=O) groups excluding carboxylic acids is 3. The fourth-order valence-corrected chi connectivity index (χ4v) is 5.55. The lowest BCUT2D eigenvalue weighted by Gasteiger charge is -2.26. The van der Waals surface area contributed by atoms with Crippen LogP contribution in [0.2, 0.25) is 0 Å². The molecular weight excluding hydrogens is 348 g/mol. The molecule has 2 heterocycles. The molecule has 0 aromatic heterocycles. The minimum absolute atomic E-state index is 0.0208. The van der Waals surface area contributed by atoms with E-state index in [1.54, 1.807) is 0 Å². The predicted octanol–water partition coefficient (Wildman–Crippen LogP) is 2.91. The molecule has 4 rings (SSSR count). The van der Waals surface area contributed by atoms with E-state index in [1.807, 2.05) is 23.9 Å². The number of fused-ring (bicyclic) bond motifs is 2. The van der Waals surface area contributed by atoms with Gasteiger partial charge in [0, 0.05) is 23.6 Å². The Balaban J connectivity index is 1.35. The van der Waals surface area contributed by atoms with Crippen LogP contribution in [0.15, 0.2) is 29.2 Å². The molecule has 1 N–H and O–H groups in total. The van der Waals surface area contributed by atoms with Crippen molar-refractivity contribution in [1.29, 1.82) is 0 Å². The molecule has 0 spiro atoms. The Morgan fingerprint density at radius 2 is 1.77 bits per heavy atom. The van der Waals surface area contributed by atoms with E-state index in [2.05, 4.69) is 17.4 Å². The Kier molecular flexibility index (Phi) is 5.02. The van der Waals surface area contributed by atoms with Crippen molar-refractivity contribution in [2.24, 2.45) is 11.8 Å². The molecule has 1 saturated carbocycles. The summed E-state index contributed by atoms with van der Waals surface area (Å²) in [5.41, 5.74) is 1.16. The summed E-state index contributed by atoms with van der Waals surface area (Å²) in [6, 6.07) is 8.17. The Morgan fingerprint density at radius 3 is 2.50 bits per heavy atom. The highest BCUT2D eigenvalue weighted by Gasteiger charge is 2.47. The topological polar surface area (TPSA) is 66.5 Å². The van der Waals surface area contributed by atoms with Crippen molar-refractivity contribution >= 4 is 29.5 Å². The number of hydrogen-bond acceptors (Lipinski definition) is 4. The number of likely N-dealkylation sites (tertiary alicyclic amines) is 1. The lowest BCUT2D eigenvalue weighted by atomic mass is 9.81. The van der Waals surface area contributed by atoms with Crippen molar-refractivity contribution in [3.63, 3.8) is 0 Å². The summed E-state index contributed by atoms with van der Waals surface area (Å²) >= 11 is 1.82. The number of nitrogens with one attached hydrogen (secondary N) is 1. The van der Waals surface area contributed by atoms with Gasteiger partial charge in [0.2, 0.25) is 17.7 Å². The van der Waals surface area contributed by atoms with Gasteiger partial charge in [0.25, 0.3) is 0 Å². The second kappa shape index (κ2) is 7.43. The van der Waals surface area contributed by atoms with E-state index in [1.165, 1.54) is 9.80 Å². The van der Waals surface area contributed by atoms with Gasteiger partial charge in [-0.15, -0.1) is 11.8 Å². The van der Waals surface area contributed by atoms with Crippen LogP contribution in [0.5, 0.6) is 0 Å². The number of carbonyl (C=O) groups is 3. The number of benzene rings is 1. The zero-order valence-electron chi connectivity index (χ0n) is 14.8. The Labute approximate surface area is 157 Å². The zero-order chi connectivity index (χ0) is 18.1. The molecule has 0 unspecified atom stereocenters. The molecule has 3 atom stereocenters. The van der Waals surface area contributed by atoms with E-state index < -0.39 is 0 Å². The monoisotopic (exact) mass is 372 g/mol. The van der Waals surface area contributed by atoms with Crippen molar-refractivity contribution in [3.8, 4) is 0 Å². The number of hydrogen-bond donors (Lipinski definition) is 1. The lowest BCUT2D eigenvalue weighted by Crippen LogP contribution is -2.37.